The zero-order valence-corrected chi connectivity index (χ0v) is 14.3. The summed E-state index contributed by atoms with van der Waals surface area (Å²) in [5, 5.41) is 0.656. The standard InChI is InChI=1S/C18H24ClN3O/c19-14-6-7-16(20-12-14)21-11-9-18(13-21)8-3-10-22(17(18)23)15-4-1-2-5-15/h6-7,12,15H,1-5,8-11,13H2/t18-/m0/s1. The van der Waals surface area contributed by atoms with E-state index in [1.54, 1.807) is 6.20 Å². The lowest BCUT2D eigenvalue weighted by Gasteiger charge is -2.42. The zero-order chi connectivity index (χ0) is 15.9. The topological polar surface area (TPSA) is 36.4 Å². The van der Waals surface area contributed by atoms with Crippen LogP contribution in [-0.4, -0.2) is 41.5 Å². The second-order valence-corrected chi connectivity index (χ2v) is 7.76. The summed E-state index contributed by atoms with van der Waals surface area (Å²) in [7, 11) is 0. The molecule has 1 aliphatic carbocycles. The highest BCUT2D eigenvalue weighted by Gasteiger charge is 2.50. The molecule has 2 aliphatic heterocycles. The van der Waals surface area contributed by atoms with Gasteiger partial charge in [-0.05, 0) is 44.2 Å². The Kier molecular flexibility index (Phi) is 3.96. The first-order valence-electron chi connectivity index (χ1n) is 8.86. The fraction of sp³-hybridized carbons (Fsp3) is 0.667. The lowest BCUT2D eigenvalue weighted by atomic mass is 9.77. The predicted octanol–water partition coefficient (Wildman–Crippen LogP) is 3.50. The van der Waals surface area contributed by atoms with Crippen molar-refractivity contribution in [3.8, 4) is 0 Å². The Morgan fingerprint density at radius 2 is 1.96 bits per heavy atom. The largest absolute Gasteiger partial charge is 0.356 e. The lowest BCUT2D eigenvalue weighted by molar-refractivity contribution is -0.147. The van der Waals surface area contributed by atoms with Crippen LogP contribution in [0.1, 0.15) is 44.9 Å². The number of aromatic nitrogens is 1. The summed E-state index contributed by atoms with van der Waals surface area (Å²) >= 11 is 5.93. The Bertz CT molecular complexity index is 584. The molecule has 5 heteroatoms. The summed E-state index contributed by atoms with van der Waals surface area (Å²) in [6, 6.07) is 4.34. The number of hydrogen-bond acceptors (Lipinski definition) is 3. The summed E-state index contributed by atoms with van der Waals surface area (Å²) in [5.74, 6) is 1.35. The van der Waals surface area contributed by atoms with Crippen molar-refractivity contribution in [3.05, 3.63) is 23.4 Å². The Balaban J connectivity index is 1.51. The number of carbonyl (C=O) groups excluding carboxylic acids is 1. The molecule has 1 aromatic rings. The fourth-order valence-corrected chi connectivity index (χ4v) is 4.78. The second kappa shape index (κ2) is 5.97. The van der Waals surface area contributed by atoms with E-state index < -0.39 is 0 Å². The summed E-state index contributed by atoms with van der Waals surface area (Å²) in [6.07, 6.45) is 9.77. The minimum absolute atomic E-state index is 0.178. The van der Waals surface area contributed by atoms with Crippen LogP contribution in [0.5, 0.6) is 0 Å². The number of nitrogens with zero attached hydrogens (tertiary/aromatic N) is 3. The van der Waals surface area contributed by atoms with Crippen LogP contribution in [0, 0.1) is 5.41 Å². The van der Waals surface area contributed by atoms with Gasteiger partial charge in [0.05, 0.1) is 10.4 Å². The number of likely N-dealkylation sites (tertiary alicyclic amines) is 1. The van der Waals surface area contributed by atoms with E-state index in [2.05, 4.69) is 14.8 Å². The van der Waals surface area contributed by atoms with Crippen LogP contribution in [0.4, 0.5) is 5.82 Å². The van der Waals surface area contributed by atoms with E-state index in [4.69, 9.17) is 11.6 Å². The van der Waals surface area contributed by atoms with Crippen molar-refractivity contribution in [1.82, 2.24) is 9.88 Å². The molecular formula is C18H24ClN3O. The highest BCUT2D eigenvalue weighted by molar-refractivity contribution is 6.30. The number of amides is 1. The van der Waals surface area contributed by atoms with Crippen LogP contribution in [0.15, 0.2) is 18.3 Å². The third-order valence-electron chi connectivity index (χ3n) is 5.92. The number of hydrogen-bond donors (Lipinski definition) is 0. The van der Waals surface area contributed by atoms with Crippen LogP contribution in [-0.2, 0) is 4.79 Å². The van der Waals surface area contributed by atoms with E-state index >= 15 is 0 Å². The van der Waals surface area contributed by atoms with E-state index in [-0.39, 0.29) is 5.41 Å². The SMILES string of the molecule is O=C1N(C2CCCC2)CCC[C@@]12CCN(c1ccc(Cl)cn1)C2. The van der Waals surface area contributed by atoms with Crippen molar-refractivity contribution in [1.29, 1.82) is 0 Å². The molecule has 0 aromatic carbocycles. The van der Waals surface area contributed by atoms with Gasteiger partial charge >= 0.3 is 0 Å². The first kappa shape index (κ1) is 15.3. The van der Waals surface area contributed by atoms with Crippen molar-refractivity contribution in [2.75, 3.05) is 24.5 Å². The monoisotopic (exact) mass is 333 g/mol. The molecule has 4 nitrogen and oxygen atoms in total. The third-order valence-corrected chi connectivity index (χ3v) is 6.15. The minimum Gasteiger partial charge on any atom is -0.356 e. The predicted molar refractivity (Wildman–Crippen MR) is 91.7 cm³/mol. The number of carbonyl (C=O) groups is 1. The van der Waals surface area contributed by atoms with E-state index in [0.29, 0.717) is 17.0 Å². The lowest BCUT2D eigenvalue weighted by Crippen LogP contribution is -2.53. The van der Waals surface area contributed by atoms with Gasteiger partial charge in [0.15, 0.2) is 0 Å². The molecule has 1 saturated carbocycles. The third kappa shape index (κ3) is 2.71. The normalized spacial score (nSPS) is 29.0. The van der Waals surface area contributed by atoms with Gasteiger partial charge in [0, 0.05) is 31.9 Å². The molecule has 1 amide bonds. The summed E-state index contributed by atoms with van der Waals surface area (Å²) in [5.41, 5.74) is -0.178. The van der Waals surface area contributed by atoms with Crippen molar-refractivity contribution >= 4 is 23.3 Å². The molecule has 124 valence electrons. The van der Waals surface area contributed by atoms with Gasteiger partial charge in [-0.2, -0.15) is 0 Å². The highest BCUT2D eigenvalue weighted by atomic mass is 35.5. The number of halogens is 1. The summed E-state index contributed by atoms with van der Waals surface area (Å²) in [4.78, 5) is 22.1. The van der Waals surface area contributed by atoms with E-state index in [9.17, 15) is 4.79 Å². The van der Waals surface area contributed by atoms with Gasteiger partial charge < -0.3 is 9.80 Å². The summed E-state index contributed by atoms with van der Waals surface area (Å²) < 4.78 is 0. The molecule has 0 unspecified atom stereocenters. The molecule has 1 aromatic heterocycles. The minimum atomic E-state index is -0.178. The van der Waals surface area contributed by atoms with Gasteiger partial charge in [0.2, 0.25) is 5.91 Å². The van der Waals surface area contributed by atoms with Gasteiger partial charge in [-0.15, -0.1) is 0 Å². The van der Waals surface area contributed by atoms with Crippen molar-refractivity contribution in [2.24, 2.45) is 5.41 Å². The first-order chi connectivity index (χ1) is 11.2. The fourth-order valence-electron chi connectivity index (χ4n) is 4.67. The maximum absolute atomic E-state index is 13.2. The van der Waals surface area contributed by atoms with Crippen LogP contribution >= 0.6 is 11.6 Å². The molecule has 3 aliphatic rings. The van der Waals surface area contributed by atoms with Crippen molar-refractivity contribution in [3.63, 3.8) is 0 Å². The van der Waals surface area contributed by atoms with Crippen LogP contribution < -0.4 is 4.90 Å². The van der Waals surface area contributed by atoms with Gasteiger partial charge in [0.1, 0.15) is 5.82 Å². The van der Waals surface area contributed by atoms with Crippen LogP contribution in [0.3, 0.4) is 0 Å². The van der Waals surface area contributed by atoms with Crippen LogP contribution in [0.2, 0.25) is 5.02 Å². The van der Waals surface area contributed by atoms with E-state index in [1.165, 1.54) is 25.7 Å². The van der Waals surface area contributed by atoms with Gasteiger partial charge in [-0.25, -0.2) is 4.98 Å². The Morgan fingerprint density at radius 3 is 2.70 bits per heavy atom. The molecule has 0 radical (unpaired) electrons. The molecule has 1 spiro atoms. The van der Waals surface area contributed by atoms with Crippen molar-refractivity contribution in [2.45, 2.75) is 51.0 Å². The molecular weight excluding hydrogens is 310 g/mol. The maximum atomic E-state index is 13.2. The van der Waals surface area contributed by atoms with Gasteiger partial charge in [-0.3, -0.25) is 4.79 Å². The quantitative estimate of drug-likeness (QED) is 0.831. The summed E-state index contributed by atoms with van der Waals surface area (Å²) in [6.45, 7) is 2.69. The van der Waals surface area contributed by atoms with Crippen LogP contribution in [0.25, 0.3) is 0 Å². The van der Waals surface area contributed by atoms with Gasteiger partial charge in [-0.1, -0.05) is 24.4 Å². The molecule has 0 bridgehead atoms. The maximum Gasteiger partial charge on any atom is 0.230 e. The average molecular weight is 334 g/mol. The number of piperidine rings is 1. The molecule has 3 heterocycles. The number of pyridine rings is 1. The number of anilines is 1. The smallest absolute Gasteiger partial charge is 0.230 e. The molecule has 23 heavy (non-hydrogen) atoms. The molecule has 3 fully saturated rings. The second-order valence-electron chi connectivity index (χ2n) is 7.33. The Labute approximate surface area is 142 Å². The van der Waals surface area contributed by atoms with Gasteiger partial charge in [0.25, 0.3) is 0 Å². The number of rotatable bonds is 2. The highest BCUT2D eigenvalue weighted by Crippen LogP contribution is 2.43. The molecule has 4 rings (SSSR count). The molecule has 2 saturated heterocycles. The average Bonchev–Trinajstić information content (AvgIpc) is 3.22. The van der Waals surface area contributed by atoms with Crippen molar-refractivity contribution < 1.29 is 4.79 Å². The zero-order valence-electron chi connectivity index (χ0n) is 13.5. The first-order valence-corrected chi connectivity index (χ1v) is 9.23. The van der Waals surface area contributed by atoms with E-state index in [0.717, 1.165) is 44.7 Å². The molecule has 1 atom stereocenters. The Morgan fingerprint density at radius 1 is 1.13 bits per heavy atom. The Hall–Kier alpha value is -1.29. The molecule has 0 N–H and O–H groups in total. The van der Waals surface area contributed by atoms with E-state index in [1.807, 2.05) is 12.1 Å².